The zero-order valence-corrected chi connectivity index (χ0v) is 9.33. The van der Waals surface area contributed by atoms with Gasteiger partial charge in [-0.3, -0.25) is 0 Å². The SMILES string of the molecule is CCCNc1ncc(C)c(OCC(F)F)n1. The fourth-order valence-corrected chi connectivity index (χ4v) is 1.04. The Morgan fingerprint density at radius 2 is 2.25 bits per heavy atom. The second kappa shape index (κ2) is 6.19. The van der Waals surface area contributed by atoms with Crippen LogP contribution in [0.25, 0.3) is 0 Å². The van der Waals surface area contributed by atoms with Crippen LogP contribution in [0.15, 0.2) is 6.20 Å². The fraction of sp³-hybridized carbons (Fsp3) is 0.600. The zero-order chi connectivity index (χ0) is 12.0. The molecule has 1 aromatic rings. The van der Waals surface area contributed by atoms with Gasteiger partial charge in [-0.25, -0.2) is 13.8 Å². The van der Waals surface area contributed by atoms with Crippen molar-refractivity contribution in [2.45, 2.75) is 26.7 Å². The first kappa shape index (κ1) is 12.6. The third-order valence-electron chi connectivity index (χ3n) is 1.80. The van der Waals surface area contributed by atoms with Gasteiger partial charge in [0.1, 0.15) is 0 Å². The number of ether oxygens (including phenoxy) is 1. The summed E-state index contributed by atoms with van der Waals surface area (Å²) in [5.74, 6) is 0.602. The smallest absolute Gasteiger partial charge is 0.272 e. The fourth-order valence-electron chi connectivity index (χ4n) is 1.04. The molecule has 16 heavy (non-hydrogen) atoms. The Kier molecular flexibility index (Phi) is 4.88. The zero-order valence-electron chi connectivity index (χ0n) is 9.33. The average molecular weight is 231 g/mol. The molecular weight excluding hydrogens is 216 g/mol. The highest BCUT2D eigenvalue weighted by Crippen LogP contribution is 2.15. The van der Waals surface area contributed by atoms with Gasteiger partial charge in [-0.1, -0.05) is 6.92 Å². The Balaban J connectivity index is 2.66. The molecule has 0 fully saturated rings. The standard InChI is InChI=1S/C10H15F2N3O/c1-3-4-13-10-14-5-7(2)9(15-10)16-6-8(11)12/h5,8H,3-4,6H2,1-2H3,(H,13,14,15). The molecule has 0 unspecified atom stereocenters. The van der Waals surface area contributed by atoms with Gasteiger partial charge in [0.25, 0.3) is 6.43 Å². The van der Waals surface area contributed by atoms with Crippen LogP contribution in [-0.2, 0) is 0 Å². The van der Waals surface area contributed by atoms with Crippen LogP contribution >= 0.6 is 0 Å². The molecule has 0 atom stereocenters. The van der Waals surface area contributed by atoms with E-state index in [0.717, 1.165) is 13.0 Å². The number of hydrogen-bond acceptors (Lipinski definition) is 4. The quantitative estimate of drug-likeness (QED) is 0.815. The van der Waals surface area contributed by atoms with Crippen molar-refractivity contribution < 1.29 is 13.5 Å². The van der Waals surface area contributed by atoms with Gasteiger partial charge < -0.3 is 10.1 Å². The predicted molar refractivity (Wildman–Crippen MR) is 57.0 cm³/mol. The maximum atomic E-state index is 12.0. The summed E-state index contributed by atoms with van der Waals surface area (Å²) >= 11 is 0. The van der Waals surface area contributed by atoms with E-state index in [0.29, 0.717) is 11.5 Å². The third kappa shape index (κ3) is 3.96. The molecule has 1 aromatic heterocycles. The van der Waals surface area contributed by atoms with E-state index in [2.05, 4.69) is 15.3 Å². The van der Waals surface area contributed by atoms with Crippen molar-refractivity contribution in [3.8, 4) is 5.88 Å². The number of halogens is 2. The topological polar surface area (TPSA) is 47.0 Å². The highest BCUT2D eigenvalue weighted by atomic mass is 19.3. The van der Waals surface area contributed by atoms with Crippen LogP contribution in [-0.4, -0.2) is 29.5 Å². The lowest BCUT2D eigenvalue weighted by atomic mass is 10.4. The number of nitrogens with zero attached hydrogens (tertiary/aromatic N) is 2. The van der Waals surface area contributed by atoms with Crippen LogP contribution in [0.3, 0.4) is 0 Å². The maximum Gasteiger partial charge on any atom is 0.272 e. The van der Waals surface area contributed by atoms with Crippen molar-refractivity contribution in [1.29, 1.82) is 0 Å². The molecule has 0 amide bonds. The van der Waals surface area contributed by atoms with E-state index in [1.165, 1.54) is 0 Å². The number of anilines is 1. The van der Waals surface area contributed by atoms with Gasteiger partial charge in [0.2, 0.25) is 11.8 Å². The van der Waals surface area contributed by atoms with Crippen molar-refractivity contribution in [2.75, 3.05) is 18.5 Å². The number of nitrogens with one attached hydrogen (secondary N) is 1. The Morgan fingerprint density at radius 3 is 2.88 bits per heavy atom. The van der Waals surface area contributed by atoms with Gasteiger partial charge in [0.15, 0.2) is 6.61 Å². The number of hydrogen-bond donors (Lipinski definition) is 1. The second-order valence-electron chi connectivity index (χ2n) is 3.31. The predicted octanol–water partition coefficient (Wildman–Crippen LogP) is 2.25. The van der Waals surface area contributed by atoms with Crippen molar-refractivity contribution in [3.63, 3.8) is 0 Å². The normalized spacial score (nSPS) is 10.6. The monoisotopic (exact) mass is 231 g/mol. The number of alkyl halides is 2. The first-order chi connectivity index (χ1) is 7.63. The molecule has 90 valence electrons. The van der Waals surface area contributed by atoms with Crippen LogP contribution in [0, 0.1) is 6.92 Å². The summed E-state index contributed by atoms with van der Waals surface area (Å²) < 4.78 is 28.8. The molecule has 6 heteroatoms. The first-order valence-corrected chi connectivity index (χ1v) is 5.12. The summed E-state index contributed by atoms with van der Waals surface area (Å²) in [5, 5.41) is 2.96. The van der Waals surface area contributed by atoms with Gasteiger partial charge in [0, 0.05) is 18.3 Å². The van der Waals surface area contributed by atoms with Crippen LogP contribution in [0.5, 0.6) is 5.88 Å². The lowest BCUT2D eigenvalue weighted by Gasteiger charge is -2.09. The molecule has 0 aliphatic carbocycles. The van der Waals surface area contributed by atoms with Crippen molar-refractivity contribution in [1.82, 2.24) is 9.97 Å². The summed E-state index contributed by atoms with van der Waals surface area (Å²) in [4.78, 5) is 8.02. The minimum Gasteiger partial charge on any atom is -0.471 e. The lowest BCUT2D eigenvalue weighted by Crippen LogP contribution is -2.11. The third-order valence-corrected chi connectivity index (χ3v) is 1.80. The summed E-state index contributed by atoms with van der Waals surface area (Å²) in [7, 11) is 0. The molecular formula is C10H15F2N3O. The van der Waals surface area contributed by atoms with E-state index >= 15 is 0 Å². The first-order valence-electron chi connectivity index (χ1n) is 5.12. The molecule has 1 heterocycles. The number of aryl methyl sites for hydroxylation is 1. The van der Waals surface area contributed by atoms with Crippen LogP contribution in [0.4, 0.5) is 14.7 Å². The summed E-state index contributed by atoms with van der Waals surface area (Å²) in [6, 6.07) is 0. The molecule has 0 aliphatic rings. The van der Waals surface area contributed by atoms with E-state index in [1.54, 1.807) is 13.1 Å². The molecule has 0 radical (unpaired) electrons. The van der Waals surface area contributed by atoms with Crippen molar-refractivity contribution >= 4 is 5.95 Å². The lowest BCUT2D eigenvalue weighted by molar-refractivity contribution is 0.0792. The molecule has 0 saturated carbocycles. The molecule has 4 nitrogen and oxygen atoms in total. The Morgan fingerprint density at radius 1 is 1.50 bits per heavy atom. The Bertz CT molecular complexity index is 334. The van der Waals surface area contributed by atoms with E-state index in [9.17, 15) is 8.78 Å². The Hall–Kier alpha value is -1.46. The molecule has 0 spiro atoms. The van der Waals surface area contributed by atoms with Crippen LogP contribution < -0.4 is 10.1 Å². The molecule has 0 saturated heterocycles. The van der Waals surface area contributed by atoms with Gasteiger partial charge >= 0.3 is 0 Å². The highest BCUT2D eigenvalue weighted by molar-refractivity contribution is 5.32. The van der Waals surface area contributed by atoms with Gasteiger partial charge in [-0.2, -0.15) is 4.98 Å². The highest BCUT2D eigenvalue weighted by Gasteiger charge is 2.08. The Labute approximate surface area is 93.1 Å². The van der Waals surface area contributed by atoms with Crippen molar-refractivity contribution in [2.24, 2.45) is 0 Å². The van der Waals surface area contributed by atoms with Gasteiger partial charge in [-0.05, 0) is 13.3 Å². The summed E-state index contributed by atoms with van der Waals surface area (Å²) in [6.45, 7) is 3.81. The summed E-state index contributed by atoms with van der Waals surface area (Å²) in [6.07, 6.45) is -0.0163. The van der Waals surface area contributed by atoms with E-state index < -0.39 is 13.0 Å². The van der Waals surface area contributed by atoms with E-state index in [1.807, 2.05) is 6.92 Å². The van der Waals surface area contributed by atoms with Gasteiger partial charge in [0.05, 0.1) is 0 Å². The van der Waals surface area contributed by atoms with Gasteiger partial charge in [-0.15, -0.1) is 0 Å². The largest absolute Gasteiger partial charge is 0.471 e. The minimum absolute atomic E-state index is 0.203. The van der Waals surface area contributed by atoms with Crippen LogP contribution in [0.1, 0.15) is 18.9 Å². The van der Waals surface area contributed by atoms with E-state index in [-0.39, 0.29) is 5.88 Å². The molecule has 1 N–H and O–H groups in total. The summed E-state index contributed by atoms with van der Waals surface area (Å²) in [5.41, 5.74) is 0.641. The molecule has 1 rings (SSSR count). The minimum atomic E-state index is -2.50. The number of aromatic nitrogens is 2. The van der Waals surface area contributed by atoms with E-state index in [4.69, 9.17) is 4.74 Å². The average Bonchev–Trinajstić information content (AvgIpc) is 2.26. The molecule has 0 aromatic carbocycles. The molecule has 0 aliphatic heterocycles. The molecule has 0 bridgehead atoms. The number of rotatable bonds is 6. The van der Waals surface area contributed by atoms with Crippen molar-refractivity contribution in [3.05, 3.63) is 11.8 Å². The maximum absolute atomic E-state index is 12.0. The second-order valence-corrected chi connectivity index (χ2v) is 3.31. The van der Waals surface area contributed by atoms with Crippen LogP contribution in [0.2, 0.25) is 0 Å².